The zero-order valence-corrected chi connectivity index (χ0v) is 22.8. The van der Waals surface area contributed by atoms with Crippen LogP contribution in [0.2, 0.25) is 5.02 Å². The summed E-state index contributed by atoms with van der Waals surface area (Å²) >= 11 is 6.37. The molecule has 3 aromatic heterocycles. The van der Waals surface area contributed by atoms with E-state index in [-0.39, 0.29) is 12.5 Å². The highest BCUT2D eigenvalue weighted by atomic mass is 35.5. The highest BCUT2D eigenvalue weighted by Gasteiger charge is 2.23. The Morgan fingerprint density at radius 2 is 1.85 bits per heavy atom. The average Bonchev–Trinajstić information content (AvgIpc) is 3.01. The van der Waals surface area contributed by atoms with Gasteiger partial charge in [-0.05, 0) is 60.4 Å². The number of carbonyl (C=O) groups excluding carboxylic acids is 1. The van der Waals surface area contributed by atoms with Crippen LogP contribution >= 0.6 is 11.6 Å². The third kappa shape index (κ3) is 6.13. The van der Waals surface area contributed by atoms with Gasteiger partial charge >= 0.3 is 0 Å². The van der Waals surface area contributed by atoms with Crippen LogP contribution in [-0.2, 0) is 17.6 Å². The van der Waals surface area contributed by atoms with Gasteiger partial charge in [-0.2, -0.15) is 10.2 Å². The number of aryl methyl sites for hydroxylation is 2. The average molecular weight is 568 g/mol. The van der Waals surface area contributed by atoms with Crippen LogP contribution in [0.3, 0.4) is 0 Å². The molecule has 1 aromatic carbocycles. The number of fused-ring (bicyclic) bond motifs is 6. The van der Waals surface area contributed by atoms with Gasteiger partial charge in [0, 0.05) is 44.3 Å². The van der Waals surface area contributed by atoms with Crippen LogP contribution in [0.1, 0.15) is 16.7 Å². The van der Waals surface area contributed by atoms with Crippen molar-refractivity contribution in [1.29, 1.82) is 5.26 Å². The first kappa shape index (κ1) is 26.3. The Morgan fingerprint density at radius 1 is 0.976 bits per heavy atom. The number of carbonyl (C=O) groups is 1. The Hall–Kier alpha value is -4.95. The summed E-state index contributed by atoms with van der Waals surface area (Å²) in [4.78, 5) is 34.5. The van der Waals surface area contributed by atoms with E-state index in [0.717, 1.165) is 34.7 Å². The summed E-state index contributed by atoms with van der Waals surface area (Å²) < 4.78 is 6.09. The van der Waals surface area contributed by atoms with E-state index < -0.39 is 0 Å². The van der Waals surface area contributed by atoms with Gasteiger partial charge in [0.15, 0.2) is 12.4 Å². The molecule has 6 rings (SSSR count). The zero-order valence-electron chi connectivity index (χ0n) is 22.0. The highest BCUT2D eigenvalue weighted by Crippen LogP contribution is 2.30. The van der Waals surface area contributed by atoms with Gasteiger partial charge in [-0.25, -0.2) is 9.97 Å². The summed E-state index contributed by atoms with van der Waals surface area (Å²) in [6.45, 7) is 2.39. The molecule has 2 aliphatic rings. The predicted octanol–water partition coefficient (Wildman–Crippen LogP) is 4.11. The number of nitriles is 1. The van der Waals surface area contributed by atoms with Crippen LogP contribution < -0.4 is 20.3 Å². The zero-order chi connectivity index (χ0) is 28.2. The molecule has 0 unspecified atom stereocenters. The summed E-state index contributed by atoms with van der Waals surface area (Å²) in [7, 11) is 0. The molecule has 41 heavy (non-hydrogen) atoms. The molecule has 0 atom stereocenters. The van der Waals surface area contributed by atoms with E-state index in [1.54, 1.807) is 24.7 Å². The largest absolute Gasteiger partial charge is 0.483 e. The van der Waals surface area contributed by atoms with Crippen LogP contribution in [0.25, 0.3) is 0 Å². The number of halogens is 1. The number of piperazine rings is 1. The molecule has 5 heterocycles. The summed E-state index contributed by atoms with van der Waals surface area (Å²) in [5.74, 6) is 2.26. The molecular formula is C29H26ClN9O2. The fourth-order valence-electron chi connectivity index (χ4n) is 4.80. The second-order valence-electron chi connectivity index (χ2n) is 9.72. The van der Waals surface area contributed by atoms with Crippen molar-refractivity contribution in [1.82, 2.24) is 24.8 Å². The van der Waals surface area contributed by atoms with Gasteiger partial charge in [0.25, 0.3) is 5.91 Å². The maximum atomic E-state index is 13.1. The monoisotopic (exact) mass is 567 g/mol. The lowest BCUT2D eigenvalue weighted by atomic mass is 10.0. The molecule has 1 fully saturated rings. The summed E-state index contributed by atoms with van der Waals surface area (Å²) in [6.07, 6.45) is 8.06. The number of rotatable bonds is 4. The van der Waals surface area contributed by atoms with Gasteiger partial charge in [-0.1, -0.05) is 11.6 Å². The molecule has 0 saturated carbocycles. The molecule has 12 heteroatoms. The number of hydrogen-bond donors (Lipinski definition) is 2. The molecule has 6 bridgehead atoms. The molecule has 2 N–H and O–H groups in total. The number of nitrogens with zero attached hydrogens (tertiary/aromatic N) is 7. The first-order valence-electron chi connectivity index (χ1n) is 13.2. The van der Waals surface area contributed by atoms with Crippen molar-refractivity contribution in [3.8, 4) is 11.8 Å². The number of anilines is 5. The molecule has 206 valence electrons. The Bertz CT molecular complexity index is 1620. The van der Waals surface area contributed by atoms with Gasteiger partial charge < -0.3 is 25.2 Å². The quantitative estimate of drug-likeness (QED) is 0.371. The van der Waals surface area contributed by atoms with Gasteiger partial charge in [0.2, 0.25) is 5.95 Å². The van der Waals surface area contributed by atoms with Crippen LogP contribution in [0.5, 0.6) is 5.75 Å². The van der Waals surface area contributed by atoms with E-state index in [4.69, 9.17) is 21.6 Å². The number of pyridine rings is 2. The topological polar surface area (TPSA) is 132 Å². The number of ether oxygens (including phenoxy) is 1. The van der Waals surface area contributed by atoms with Crippen LogP contribution in [0.4, 0.5) is 29.0 Å². The van der Waals surface area contributed by atoms with Crippen molar-refractivity contribution in [2.24, 2.45) is 0 Å². The van der Waals surface area contributed by atoms with E-state index in [1.165, 1.54) is 0 Å². The van der Waals surface area contributed by atoms with E-state index in [1.807, 2.05) is 41.4 Å². The molecule has 0 aliphatic carbocycles. The minimum atomic E-state index is -0.0697. The van der Waals surface area contributed by atoms with Crippen LogP contribution in [-0.4, -0.2) is 63.5 Å². The number of aromatic nitrogens is 4. The second-order valence-corrected chi connectivity index (χ2v) is 10.1. The van der Waals surface area contributed by atoms with E-state index in [0.29, 0.717) is 60.7 Å². The maximum absolute atomic E-state index is 13.1. The lowest BCUT2D eigenvalue weighted by molar-refractivity contribution is -0.133. The molecular weight excluding hydrogens is 542 g/mol. The third-order valence-corrected chi connectivity index (χ3v) is 7.26. The van der Waals surface area contributed by atoms with Gasteiger partial charge in [-0.3, -0.25) is 9.78 Å². The smallest absolute Gasteiger partial charge is 0.260 e. The Balaban J connectivity index is 1.14. The Kier molecular flexibility index (Phi) is 7.47. The summed E-state index contributed by atoms with van der Waals surface area (Å²) in [5.41, 5.74) is 4.08. The van der Waals surface area contributed by atoms with Crippen molar-refractivity contribution in [3.05, 3.63) is 82.9 Å². The van der Waals surface area contributed by atoms with Crippen molar-refractivity contribution < 1.29 is 9.53 Å². The SMILES string of the molecule is N#Cc1ccc(N2CCN(C(=O)COc3ccc4cc3CCc3cncc(c3)Nc3ncc(Cl)c(n3)N4)CC2)nc1. The standard InChI is InChI=1S/C29H26ClN9O2/c30-24-17-34-29-36-23-11-19(14-32-16-23)1-3-21-12-22(35-28(24)37-29)4-5-25(21)41-18-27(40)39-9-7-38(8-10-39)26-6-2-20(13-31)15-33-26/h2,4-6,11-12,14-17H,1,3,7-10,18H2,(H2,34,35,36,37). The Morgan fingerprint density at radius 3 is 2.66 bits per heavy atom. The molecule has 1 saturated heterocycles. The van der Waals surface area contributed by atoms with E-state index in [9.17, 15) is 4.79 Å². The first-order chi connectivity index (χ1) is 20.0. The van der Waals surface area contributed by atoms with Gasteiger partial charge in [0.1, 0.15) is 22.7 Å². The molecule has 4 aromatic rings. The normalized spacial score (nSPS) is 14.3. The fraction of sp³-hybridized carbons (Fsp3) is 0.241. The van der Waals surface area contributed by atoms with Crippen molar-refractivity contribution in [2.75, 3.05) is 48.3 Å². The predicted molar refractivity (Wildman–Crippen MR) is 155 cm³/mol. The number of benzene rings is 1. The minimum Gasteiger partial charge on any atom is -0.483 e. The lowest BCUT2D eigenvalue weighted by Gasteiger charge is -2.35. The molecule has 2 aliphatic heterocycles. The van der Waals surface area contributed by atoms with Crippen LogP contribution in [0, 0.1) is 11.3 Å². The van der Waals surface area contributed by atoms with Crippen molar-refractivity contribution in [3.63, 3.8) is 0 Å². The number of amides is 1. The van der Waals surface area contributed by atoms with Crippen LogP contribution in [0.15, 0.2) is 61.2 Å². The fourth-order valence-corrected chi connectivity index (χ4v) is 4.94. The minimum absolute atomic E-state index is 0.0586. The third-order valence-electron chi connectivity index (χ3n) is 6.99. The molecule has 0 radical (unpaired) electrons. The summed E-state index contributed by atoms with van der Waals surface area (Å²) in [5, 5.41) is 15.8. The number of nitrogens with one attached hydrogen (secondary N) is 2. The van der Waals surface area contributed by atoms with E-state index >= 15 is 0 Å². The van der Waals surface area contributed by atoms with Gasteiger partial charge in [-0.15, -0.1) is 0 Å². The maximum Gasteiger partial charge on any atom is 0.260 e. The number of hydrogen-bond acceptors (Lipinski definition) is 10. The Labute approximate surface area is 241 Å². The van der Waals surface area contributed by atoms with E-state index in [2.05, 4.69) is 41.5 Å². The van der Waals surface area contributed by atoms with Crippen molar-refractivity contribution >= 4 is 46.5 Å². The first-order valence-corrected chi connectivity index (χ1v) is 13.6. The highest BCUT2D eigenvalue weighted by molar-refractivity contribution is 6.32. The second kappa shape index (κ2) is 11.7. The summed E-state index contributed by atoms with van der Waals surface area (Å²) in [6, 6.07) is 13.4. The molecule has 11 nitrogen and oxygen atoms in total. The molecule has 0 spiro atoms. The van der Waals surface area contributed by atoms with Gasteiger partial charge in [0.05, 0.1) is 23.6 Å². The lowest BCUT2D eigenvalue weighted by Crippen LogP contribution is -2.50. The van der Waals surface area contributed by atoms with Crippen molar-refractivity contribution in [2.45, 2.75) is 12.8 Å². The molecule has 1 amide bonds.